The monoisotopic (exact) mass is 1570 g/mol. The highest BCUT2D eigenvalue weighted by Gasteiger charge is 2.57. The smallest absolute Gasteiger partial charge is 0.220 e. The van der Waals surface area contributed by atoms with Gasteiger partial charge in [-0.3, -0.25) is 14.4 Å². The fraction of sp³-hybridized carbons (Fsp3) is 0.936. The number of aliphatic hydroxyl groups is 15. The first kappa shape index (κ1) is 96.7. The molecule has 5 aliphatic rings. The molecule has 109 heavy (non-hydrogen) atoms. The van der Waals surface area contributed by atoms with Gasteiger partial charge < -0.3 is 140 Å². The second kappa shape index (κ2) is 54.9. The standard InChI is InChI=1S/C78H143N3O28/c1-5-7-9-11-13-15-17-19-20-21-22-23-24-25-26-27-28-30-32-34-36-38-40-42-58(90)81-51(52(89)41-39-37-35-33-31-29-18-16-14-12-10-8-6-2)48-100-76-67(97)66(96)71(57(47-86)105-76)107-78-69(99)73(63(93)55(45-84)103-78)109-75-60(80-50(4)88)65(95)70(56(46-85)104-75)106-77-68(98)72(62(92)54(44-83)102-77)108-74-59(79-49(3)87)64(94)61(91)53(43-82)101-74/h39,41,51-57,59-78,82-86,89,91-99H,5-38,40,42-48H2,1-4H3,(H,79,87)(H,80,88)(H,81,90)/b41-39+/t51-,52+,53?,54?,55?,56?,57?,59?,60?,61+,62-,63-,64+,65+,66+,67?,68?,69?,70+,71+,72-,73-,74+,75-,76+,77-,78-/m0/s1. The van der Waals surface area contributed by atoms with Crippen LogP contribution in [-0.4, -0.2) is 300 Å². The molecule has 0 aromatic carbocycles. The molecule has 0 bridgehead atoms. The molecule has 5 fully saturated rings. The fourth-order valence-electron chi connectivity index (χ4n) is 15.0. The third-order valence-corrected chi connectivity index (χ3v) is 21.6. The van der Waals surface area contributed by atoms with Crippen molar-refractivity contribution in [3.05, 3.63) is 12.2 Å². The van der Waals surface area contributed by atoms with Crippen LogP contribution in [0.1, 0.15) is 259 Å². The van der Waals surface area contributed by atoms with E-state index in [4.69, 9.17) is 47.4 Å². The van der Waals surface area contributed by atoms with E-state index in [1.165, 1.54) is 161 Å². The predicted molar refractivity (Wildman–Crippen MR) is 398 cm³/mol. The van der Waals surface area contributed by atoms with Crippen LogP contribution in [0.3, 0.4) is 0 Å². The Morgan fingerprint density at radius 2 is 0.679 bits per heavy atom. The van der Waals surface area contributed by atoms with E-state index in [0.717, 1.165) is 65.2 Å². The number of carbonyl (C=O) groups excluding carboxylic acids is 3. The molecule has 5 heterocycles. The Bertz CT molecular complexity index is 2420. The summed E-state index contributed by atoms with van der Waals surface area (Å²) in [6.45, 7) is 1.42. The lowest BCUT2D eigenvalue weighted by Crippen LogP contribution is -2.70. The third-order valence-electron chi connectivity index (χ3n) is 21.6. The molecule has 27 atom stereocenters. The highest BCUT2D eigenvalue weighted by molar-refractivity contribution is 5.76. The molecule has 0 spiro atoms. The van der Waals surface area contributed by atoms with Crippen LogP contribution in [0, 0.1) is 0 Å². The van der Waals surface area contributed by atoms with E-state index in [0.29, 0.717) is 12.8 Å². The van der Waals surface area contributed by atoms with Crippen LogP contribution >= 0.6 is 0 Å². The van der Waals surface area contributed by atoms with E-state index in [1.54, 1.807) is 6.08 Å². The maximum atomic E-state index is 13.6. The van der Waals surface area contributed by atoms with Crippen LogP contribution in [0.15, 0.2) is 12.2 Å². The van der Waals surface area contributed by atoms with Crippen molar-refractivity contribution in [2.75, 3.05) is 39.6 Å². The van der Waals surface area contributed by atoms with Crippen LogP contribution in [0.4, 0.5) is 0 Å². The zero-order valence-electron chi connectivity index (χ0n) is 65.5. The van der Waals surface area contributed by atoms with E-state index in [2.05, 4.69) is 29.8 Å². The van der Waals surface area contributed by atoms with E-state index in [9.17, 15) is 91.0 Å². The topological polar surface area (TPSA) is 483 Å². The Labute approximate surface area is 645 Å². The van der Waals surface area contributed by atoms with Gasteiger partial charge in [-0.15, -0.1) is 0 Å². The Morgan fingerprint density at radius 1 is 0.358 bits per heavy atom. The van der Waals surface area contributed by atoms with Gasteiger partial charge in [0, 0.05) is 20.3 Å². The second-order valence-corrected chi connectivity index (χ2v) is 30.7. The van der Waals surface area contributed by atoms with E-state index < -0.39 is 217 Å². The maximum absolute atomic E-state index is 13.6. The number of aliphatic hydroxyl groups excluding tert-OH is 15. The Hall–Kier alpha value is -2.85. The van der Waals surface area contributed by atoms with Crippen molar-refractivity contribution in [2.24, 2.45) is 0 Å². The van der Waals surface area contributed by atoms with Gasteiger partial charge in [-0.1, -0.05) is 231 Å². The van der Waals surface area contributed by atoms with Crippen molar-refractivity contribution < 1.29 is 138 Å². The first-order chi connectivity index (χ1) is 52.6. The molecule has 31 nitrogen and oxygen atoms in total. The van der Waals surface area contributed by atoms with Crippen LogP contribution in [0.25, 0.3) is 0 Å². The number of allylic oxidation sites excluding steroid dienone is 1. The molecule has 18 N–H and O–H groups in total. The first-order valence-corrected chi connectivity index (χ1v) is 41.5. The van der Waals surface area contributed by atoms with Gasteiger partial charge in [0.1, 0.15) is 122 Å². The van der Waals surface area contributed by atoms with E-state index >= 15 is 0 Å². The Balaban J connectivity index is 1.16. The molecule has 0 aromatic heterocycles. The number of hydrogen-bond donors (Lipinski definition) is 18. The largest absolute Gasteiger partial charge is 0.394 e. The van der Waals surface area contributed by atoms with Crippen molar-refractivity contribution in [2.45, 2.75) is 424 Å². The van der Waals surface area contributed by atoms with Crippen molar-refractivity contribution in [1.29, 1.82) is 0 Å². The highest BCUT2D eigenvalue weighted by atomic mass is 16.8. The molecule has 0 radical (unpaired) electrons. The normalized spacial score (nSPS) is 33.6. The van der Waals surface area contributed by atoms with Gasteiger partial charge in [0.2, 0.25) is 17.7 Å². The molecular formula is C78H143N3O28. The number of amides is 3. The van der Waals surface area contributed by atoms with Crippen molar-refractivity contribution in [3.63, 3.8) is 0 Å². The molecule has 31 heteroatoms. The number of rotatable bonds is 57. The number of carbonyl (C=O) groups is 3. The molecule has 5 aliphatic heterocycles. The van der Waals surface area contributed by atoms with Crippen LogP contribution in [0.5, 0.6) is 0 Å². The molecule has 0 saturated carbocycles. The van der Waals surface area contributed by atoms with Crippen LogP contribution in [-0.2, 0) is 61.8 Å². The molecule has 3 amide bonds. The van der Waals surface area contributed by atoms with Gasteiger partial charge in [0.05, 0.1) is 51.8 Å². The molecule has 638 valence electrons. The lowest BCUT2D eigenvalue weighted by molar-refractivity contribution is -0.385. The minimum Gasteiger partial charge on any atom is -0.394 e. The molecule has 5 saturated heterocycles. The average molecular weight is 1570 g/mol. The van der Waals surface area contributed by atoms with Gasteiger partial charge in [-0.25, -0.2) is 0 Å². The van der Waals surface area contributed by atoms with E-state index in [1.807, 2.05) is 6.08 Å². The summed E-state index contributed by atoms with van der Waals surface area (Å²) < 4.78 is 59.1. The summed E-state index contributed by atoms with van der Waals surface area (Å²) in [7, 11) is 0. The predicted octanol–water partition coefficient (Wildman–Crippen LogP) is 2.87. The zero-order valence-corrected chi connectivity index (χ0v) is 65.5. The quantitative estimate of drug-likeness (QED) is 0.0307. The fourth-order valence-corrected chi connectivity index (χ4v) is 15.0. The summed E-state index contributed by atoms with van der Waals surface area (Å²) in [5.74, 6) is -1.89. The molecule has 5 rings (SSSR count). The van der Waals surface area contributed by atoms with Crippen LogP contribution in [0.2, 0.25) is 0 Å². The Morgan fingerprint density at radius 3 is 1.06 bits per heavy atom. The Kier molecular flexibility index (Phi) is 48.7. The SMILES string of the molecule is CCCCCCCCCCCCC/C=C/[C@@H](O)[C@H](CO[C@@H]1OC(CO)[C@@H](O[C@@H]2OC(CO)[C@H](O)[C@H](O[C@@H]3OC(CO)[C@@H](O[C@@H]4OC(CO)[C@H](O)[C@H](O[C@H]5OC(CO)[C@@H](O)[C@H](O)C5NC(C)=O)C4O)[C@H](O)C3NC(C)=O)C2O)[C@H](O)C1O)NC(=O)CCCCCCCCCCCCCCCCCCCCCCCCC. The lowest BCUT2D eigenvalue weighted by Gasteiger charge is -2.50. The number of unbranched alkanes of at least 4 members (excludes halogenated alkanes) is 33. The first-order valence-electron chi connectivity index (χ1n) is 41.5. The summed E-state index contributed by atoms with van der Waals surface area (Å²) in [6, 6.07) is -4.40. The van der Waals surface area contributed by atoms with Crippen molar-refractivity contribution in [1.82, 2.24) is 16.0 Å². The summed E-state index contributed by atoms with van der Waals surface area (Å²) in [5, 5.41) is 175. The van der Waals surface area contributed by atoms with Gasteiger partial charge in [-0.2, -0.15) is 0 Å². The van der Waals surface area contributed by atoms with Gasteiger partial charge in [0.15, 0.2) is 31.5 Å². The summed E-state index contributed by atoms with van der Waals surface area (Å²) in [6.07, 6.45) is 1.95. The van der Waals surface area contributed by atoms with Gasteiger partial charge in [0.25, 0.3) is 0 Å². The lowest BCUT2D eigenvalue weighted by atomic mass is 9.94. The second-order valence-electron chi connectivity index (χ2n) is 30.7. The molecule has 0 aliphatic carbocycles. The minimum absolute atomic E-state index is 0.191. The maximum Gasteiger partial charge on any atom is 0.220 e. The van der Waals surface area contributed by atoms with Crippen molar-refractivity contribution >= 4 is 17.7 Å². The van der Waals surface area contributed by atoms with Crippen molar-refractivity contribution in [3.8, 4) is 0 Å². The third kappa shape index (κ3) is 33.0. The highest BCUT2D eigenvalue weighted by Crippen LogP contribution is 2.37. The summed E-state index contributed by atoms with van der Waals surface area (Å²) in [5.41, 5.74) is 0. The average Bonchev–Trinajstić information content (AvgIpc) is 0.757. The number of ether oxygens (including phenoxy) is 10. The van der Waals surface area contributed by atoms with Gasteiger partial charge >= 0.3 is 0 Å². The number of nitrogens with one attached hydrogen (secondary N) is 3. The van der Waals surface area contributed by atoms with Crippen LogP contribution < -0.4 is 16.0 Å². The zero-order chi connectivity index (χ0) is 79.6. The molecule has 10 unspecified atom stereocenters. The summed E-state index contributed by atoms with van der Waals surface area (Å²) >= 11 is 0. The molecule has 0 aromatic rings. The molecular weight excluding hydrogens is 1430 g/mol. The minimum atomic E-state index is -2.16. The van der Waals surface area contributed by atoms with E-state index in [-0.39, 0.29) is 12.3 Å². The summed E-state index contributed by atoms with van der Waals surface area (Å²) in [4.78, 5) is 38.6. The van der Waals surface area contributed by atoms with Gasteiger partial charge in [-0.05, 0) is 19.3 Å². The number of hydrogen-bond acceptors (Lipinski definition) is 28.